The number of methoxy groups -OCH3 is 1. The van der Waals surface area contributed by atoms with E-state index in [2.05, 4.69) is 16.0 Å². The summed E-state index contributed by atoms with van der Waals surface area (Å²) in [7, 11) is 1.59. The number of aromatic amines is 1. The van der Waals surface area contributed by atoms with Crippen molar-refractivity contribution in [1.29, 1.82) is 5.26 Å². The zero-order chi connectivity index (χ0) is 18.8. The van der Waals surface area contributed by atoms with Crippen molar-refractivity contribution < 1.29 is 9.13 Å². The van der Waals surface area contributed by atoms with Gasteiger partial charge >= 0.3 is 0 Å². The topological polar surface area (TPSA) is 66.6 Å². The molecule has 0 atom stereocenters. The summed E-state index contributed by atoms with van der Waals surface area (Å²) in [5.74, 6) is 0.813. The van der Waals surface area contributed by atoms with Gasteiger partial charge in [0.05, 0.1) is 29.4 Å². The van der Waals surface area contributed by atoms with Crippen molar-refractivity contribution in [3.63, 3.8) is 0 Å². The molecule has 2 aromatic carbocycles. The number of hydrogen-bond donors (Lipinski definition) is 1. The Bertz CT molecular complexity index is 1200. The minimum Gasteiger partial charge on any atom is -0.497 e. The number of nitriles is 1. The third-order valence-corrected chi connectivity index (χ3v) is 4.25. The molecule has 0 spiro atoms. The summed E-state index contributed by atoms with van der Waals surface area (Å²) in [5, 5.41) is 9.63. The summed E-state index contributed by atoms with van der Waals surface area (Å²) in [6.07, 6.45) is 3.43. The number of hydrogen-bond acceptors (Lipinski definition) is 3. The fourth-order valence-corrected chi connectivity index (χ4v) is 2.92. The Balaban J connectivity index is 1.79. The molecule has 27 heavy (non-hydrogen) atoms. The number of fused-ring (bicyclic) bond motifs is 1. The van der Waals surface area contributed by atoms with Gasteiger partial charge in [0.2, 0.25) is 0 Å². The Hall–Kier alpha value is -3.85. The number of H-pyrrole nitrogens is 1. The van der Waals surface area contributed by atoms with Crippen LogP contribution in [0.15, 0.2) is 60.8 Å². The number of para-hydroxylation sites is 1. The number of ether oxygens (including phenoxy) is 1. The highest BCUT2D eigenvalue weighted by atomic mass is 19.1. The van der Waals surface area contributed by atoms with E-state index in [9.17, 15) is 9.65 Å². The van der Waals surface area contributed by atoms with Crippen molar-refractivity contribution in [2.75, 3.05) is 7.11 Å². The summed E-state index contributed by atoms with van der Waals surface area (Å²) in [6, 6.07) is 17.7. The third kappa shape index (κ3) is 3.07. The molecule has 0 saturated carbocycles. The SMILES string of the molecule is COc1ccc2nc(C(C#N)=Cc3cccn3-c3ccccc3F)[nH]c2c1. The zero-order valence-corrected chi connectivity index (χ0v) is 14.5. The van der Waals surface area contributed by atoms with E-state index in [1.165, 1.54) is 6.07 Å². The standard InChI is InChI=1S/C21H15FN4O/c1-27-16-8-9-18-19(12-16)25-21(24-18)14(13-23)11-15-5-4-10-26(15)20-7-3-2-6-17(20)22/h2-12H,1H3,(H,24,25). The normalized spacial score (nSPS) is 11.5. The van der Waals surface area contributed by atoms with Gasteiger partial charge < -0.3 is 14.3 Å². The number of aromatic nitrogens is 3. The first kappa shape index (κ1) is 16.6. The van der Waals surface area contributed by atoms with Crippen molar-refractivity contribution in [2.24, 2.45) is 0 Å². The lowest BCUT2D eigenvalue weighted by molar-refractivity contribution is 0.415. The van der Waals surface area contributed by atoms with Gasteiger partial charge in [-0.3, -0.25) is 0 Å². The van der Waals surface area contributed by atoms with Crippen molar-refractivity contribution in [3.05, 3.63) is 78.1 Å². The highest BCUT2D eigenvalue weighted by Gasteiger charge is 2.11. The molecule has 0 aliphatic carbocycles. The Labute approximate surface area is 155 Å². The lowest BCUT2D eigenvalue weighted by Gasteiger charge is -2.07. The Morgan fingerprint density at radius 3 is 2.85 bits per heavy atom. The highest BCUT2D eigenvalue weighted by Crippen LogP contribution is 2.24. The molecule has 0 unspecified atom stereocenters. The molecule has 4 rings (SSSR count). The number of imidazole rings is 1. The van der Waals surface area contributed by atoms with Crippen molar-refractivity contribution in [1.82, 2.24) is 14.5 Å². The van der Waals surface area contributed by atoms with E-state index in [1.54, 1.807) is 48.2 Å². The van der Waals surface area contributed by atoms with Gasteiger partial charge in [0, 0.05) is 18.0 Å². The maximum Gasteiger partial charge on any atom is 0.149 e. The molecule has 4 aromatic rings. The zero-order valence-electron chi connectivity index (χ0n) is 14.5. The first-order valence-electron chi connectivity index (χ1n) is 8.28. The third-order valence-electron chi connectivity index (χ3n) is 4.25. The van der Waals surface area contributed by atoms with E-state index >= 15 is 0 Å². The lowest BCUT2D eigenvalue weighted by Crippen LogP contribution is -1.98. The number of halogens is 1. The smallest absolute Gasteiger partial charge is 0.149 e. The van der Waals surface area contributed by atoms with Gasteiger partial charge in [-0.05, 0) is 42.5 Å². The molecule has 0 radical (unpaired) electrons. The van der Waals surface area contributed by atoms with Crippen molar-refractivity contribution >= 4 is 22.7 Å². The molecule has 0 fully saturated rings. The van der Waals surface area contributed by atoms with E-state index < -0.39 is 0 Å². The summed E-state index contributed by atoms with van der Waals surface area (Å²) >= 11 is 0. The Kier molecular flexibility index (Phi) is 4.19. The molecule has 0 aliphatic heterocycles. The molecule has 6 heteroatoms. The quantitative estimate of drug-likeness (QED) is 0.544. The van der Waals surface area contributed by atoms with Crippen LogP contribution in [0.25, 0.3) is 28.4 Å². The predicted molar refractivity (Wildman–Crippen MR) is 102 cm³/mol. The molecule has 132 valence electrons. The van der Waals surface area contributed by atoms with Crippen LogP contribution in [0.4, 0.5) is 4.39 Å². The fraction of sp³-hybridized carbons (Fsp3) is 0.0476. The number of nitrogens with one attached hydrogen (secondary N) is 1. The van der Waals surface area contributed by atoms with Gasteiger partial charge in [-0.15, -0.1) is 0 Å². The minimum atomic E-state index is -0.335. The van der Waals surface area contributed by atoms with Crippen LogP contribution in [0.1, 0.15) is 11.5 Å². The molecular formula is C21H15FN4O. The van der Waals surface area contributed by atoms with Crippen LogP contribution in [0.3, 0.4) is 0 Å². The highest BCUT2D eigenvalue weighted by molar-refractivity contribution is 5.90. The predicted octanol–water partition coefficient (Wildman–Crippen LogP) is 4.57. The average Bonchev–Trinajstić information content (AvgIpc) is 3.32. The Morgan fingerprint density at radius 2 is 2.07 bits per heavy atom. The van der Waals surface area contributed by atoms with Crippen molar-refractivity contribution in [2.45, 2.75) is 0 Å². The Morgan fingerprint density at radius 1 is 1.22 bits per heavy atom. The van der Waals surface area contributed by atoms with E-state index in [-0.39, 0.29) is 5.82 Å². The van der Waals surface area contributed by atoms with Gasteiger partial charge in [0.1, 0.15) is 23.5 Å². The van der Waals surface area contributed by atoms with Gasteiger partial charge in [0.15, 0.2) is 0 Å². The molecule has 5 nitrogen and oxygen atoms in total. The second-order valence-electron chi connectivity index (χ2n) is 5.89. The molecule has 0 aliphatic rings. The molecule has 2 aromatic heterocycles. The van der Waals surface area contributed by atoms with Crippen LogP contribution in [0.2, 0.25) is 0 Å². The van der Waals surface area contributed by atoms with Gasteiger partial charge in [-0.25, -0.2) is 9.37 Å². The maximum atomic E-state index is 14.1. The minimum absolute atomic E-state index is 0.335. The average molecular weight is 358 g/mol. The van der Waals surface area contributed by atoms with Gasteiger partial charge in [0.25, 0.3) is 0 Å². The number of allylic oxidation sites excluding steroid dienone is 1. The van der Waals surface area contributed by atoms with E-state index in [4.69, 9.17) is 4.74 Å². The molecule has 0 amide bonds. The first-order valence-corrected chi connectivity index (χ1v) is 8.28. The molecular weight excluding hydrogens is 343 g/mol. The molecule has 1 N–H and O–H groups in total. The number of rotatable bonds is 4. The van der Waals surface area contributed by atoms with Crippen LogP contribution in [0.5, 0.6) is 5.75 Å². The van der Waals surface area contributed by atoms with Gasteiger partial charge in [-0.2, -0.15) is 5.26 Å². The fourth-order valence-electron chi connectivity index (χ4n) is 2.92. The molecule has 0 bridgehead atoms. The lowest BCUT2D eigenvalue weighted by atomic mass is 10.2. The van der Waals surface area contributed by atoms with Crippen LogP contribution in [-0.4, -0.2) is 21.6 Å². The van der Waals surface area contributed by atoms with E-state index in [1.807, 2.05) is 24.3 Å². The monoisotopic (exact) mass is 358 g/mol. The molecule has 0 saturated heterocycles. The van der Waals surface area contributed by atoms with Crippen molar-refractivity contribution in [3.8, 4) is 17.5 Å². The van der Waals surface area contributed by atoms with Crippen LogP contribution in [-0.2, 0) is 0 Å². The van der Waals surface area contributed by atoms with Gasteiger partial charge in [-0.1, -0.05) is 12.1 Å². The van der Waals surface area contributed by atoms with Crippen LogP contribution in [0, 0.1) is 17.1 Å². The maximum absolute atomic E-state index is 14.1. The van der Waals surface area contributed by atoms with Crippen LogP contribution >= 0.6 is 0 Å². The summed E-state index contributed by atoms with van der Waals surface area (Å²) in [4.78, 5) is 7.61. The summed E-state index contributed by atoms with van der Waals surface area (Å²) in [5.41, 5.74) is 2.95. The first-order chi connectivity index (χ1) is 13.2. The second kappa shape index (κ2) is 6.81. The summed E-state index contributed by atoms with van der Waals surface area (Å²) < 4.78 is 21.1. The largest absolute Gasteiger partial charge is 0.497 e. The number of benzene rings is 2. The second-order valence-corrected chi connectivity index (χ2v) is 5.89. The summed E-state index contributed by atoms with van der Waals surface area (Å²) in [6.45, 7) is 0. The number of nitrogens with zero attached hydrogens (tertiary/aromatic N) is 3. The van der Waals surface area contributed by atoms with E-state index in [0.717, 1.165) is 11.0 Å². The van der Waals surface area contributed by atoms with E-state index in [0.29, 0.717) is 28.5 Å². The molecule has 2 heterocycles. The van der Waals surface area contributed by atoms with Crippen LogP contribution < -0.4 is 4.74 Å².